The molecule has 0 aromatic rings. The van der Waals surface area contributed by atoms with Gasteiger partial charge in [-0.1, -0.05) is 0 Å². The van der Waals surface area contributed by atoms with Gasteiger partial charge in [0.15, 0.2) is 0 Å². The van der Waals surface area contributed by atoms with Crippen LogP contribution in [0.3, 0.4) is 0 Å². The van der Waals surface area contributed by atoms with Gasteiger partial charge >= 0.3 is 5.97 Å². The van der Waals surface area contributed by atoms with Crippen molar-refractivity contribution in [2.45, 2.75) is 25.9 Å². The quantitative estimate of drug-likeness (QED) is 0.348. The number of nitriles is 1. The molecule has 0 bridgehead atoms. The maximum atomic E-state index is 11.3. The molecule has 1 aliphatic rings. The fourth-order valence-corrected chi connectivity index (χ4v) is 1.66. The normalized spacial score (nSPS) is 17.8. The molecular weight excluding hydrogens is 232 g/mol. The van der Waals surface area contributed by atoms with Crippen molar-refractivity contribution in [1.29, 1.82) is 5.26 Å². The number of rotatable bonds is 4. The van der Waals surface area contributed by atoms with Crippen molar-refractivity contribution in [2.75, 3.05) is 19.7 Å². The van der Waals surface area contributed by atoms with E-state index in [9.17, 15) is 9.90 Å². The van der Waals surface area contributed by atoms with Crippen molar-refractivity contribution in [3.05, 3.63) is 23.9 Å². The highest BCUT2D eigenvalue weighted by Crippen LogP contribution is 2.10. The maximum absolute atomic E-state index is 11.3. The Morgan fingerprint density at radius 3 is 2.78 bits per heavy atom. The van der Waals surface area contributed by atoms with Gasteiger partial charge in [-0.15, -0.1) is 0 Å². The summed E-state index contributed by atoms with van der Waals surface area (Å²) in [4.78, 5) is 13.4. The summed E-state index contributed by atoms with van der Waals surface area (Å²) in [6.45, 7) is 3.52. The first-order valence-electron chi connectivity index (χ1n) is 6.05. The molecular formula is C13H18N2O3. The van der Waals surface area contributed by atoms with Crippen LogP contribution in [0.5, 0.6) is 0 Å². The number of ether oxygens (including phenoxy) is 1. The Morgan fingerprint density at radius 1 is 1.56 bits per heavy atom. The second-order valence-corrected chi connectivity index (χ2v) is 4.02. The lowest BCUT2D eigenvalue weighted by atomic mass is 10.1. The van der Waals surface area contributed by atoms with E-state index in [0.29, 0.717) is 0 Å². The van der Waals surface area contributed by atoms with E-state index < -0.39 is 5.97 Å². The number of esters is 1. The fraction of sp³-hybridized carbons (Fsp3) is 0.538. The first-order valence-corrected chi connectivity index (χ1v) is 6.05. The van der Waals surface area contributed by atoms with Gasteiger partial charge in [0, 0.05) is 13.1 Å². The zero-order valence-corrected chi connectivity index (χ0v) is 10.5. The number of carbonyl (C=O) groups excluding carboxylic acids is 1. The molecule has 0 saturated carbocycles. The number of hydrogen-bond donors (Lipinski definition) is 1. The summed E-state index contributed by atoms with van der Waals surface area (Å²) in [5.41, 5.74) is -0.00913. The second kappa shape index (κ2) is 7.51. The molecule has 5 nitrogen and oxygen atoms in total. The lowest BCUT2D eigenvalue weighted by molar-refractivity contribution is -0.138. The van der Waals surface area contributed by atoms with Crippen molar-refractivity contribution in [1.82, 2.24) is 4.90 Å². The van der Waals surface area contributed by atoms with Crippen LogP contribution in [0.4, 0.5) is 0 Å². The molecule has 0 aromatic heterocycles. The number of aliphatic hydroxyl groups is 1. The number of piperidine rings is 1. The van der Waals surface area contributed by atoms with Crippen LogP contribution in [0.1, 0.15) is 19.8 Å². The number of hydrogen-bond acceptors (Lipinski definition) is 5. The van der Waals surface area contributed by atoms with Gasteiger partial charge in [0.1, 0.15) is 11.6 Å². The van der Waals surface area contributed by atoms with Gasteiger partial charge < -0.3 is 14.7 Å². The highest BCUT2D eigenvalue weighted by molar-refractivity contribution is 5.93. The molecule has 1 saturated heterocycles. The molecule has 0 atom stereocenters. The molecule has 1 fully saturated rings. The third-order valence-electron chi connectivity index (χ3n) is 2.67. The molecule has 1 heterocycles. The number of nitrogens with zero attached hydrogens (tertiary/aromatic N) is 2. The number of likely N-dealkylation sites (tertiary alicyclic amines) is 1. The summed E-state index contributed by atoms with van der Waals surface area (Å²) >= 11 is 0. The fourth-order valence-electron chi connectivity index (χ4n) is 1.66. The van der Waals surface area contributed by atoms with Crippen LogP contribution in [0, 0.1) is 11.3 Å². The van der Waals surface area contributed by atoms with E-state index in [2.05, 4.69) is 0 Å². The SMILES string of the molecule is CCOC(=O)/C(C#N)=C\C=C\N1CCC(O)CC1. The van der Waals surface area contributed by atoms with Crippen LogP contribution in [0.15, 0.2) is 23.9 Å². The van der Waals surface area contributed by atoms with Crippen LogP contribution >= 0.6 is 0 Å². The Bertz CT molecular complexity index is 374. The third kappa shape index (κ3) is 4.60. The van der Waals surface area contributed by atoms with Crippen LogP contribution in [-0.4, -0.2) is 41.8 Å². The predicted molar refractivity (Wildman–Crippen MR) is 66.3 cm³/mol. The topological polar surface area (TPSA) is 73.6 Å². The molecule has 1 rings (SSSR count). The molecule has 0 spiro atoms. The van der Waals surface area contributed by atoms with Crippen molar-refractivity contribution < 1.29 is 14.6 Å². The number of carbonyl (C=O) groups is 1. The van der Waals surface area contributed by atoms with Crippen LogP contribution in [0.2, 0.25) is 0 Å². The maximum Gasteiger partial charge on any atom is 0.348 e. The summed E-state index contributed by atoms with van der Waals surface area (Å²) in [7, 11) is 0. The number of allylic oxidation sites excluding steroid dienone is 2. The van der Waals surface area contributed by atoms with Gasteiger partial charge in [-0.3, -0.25) is 0 Å². The Morgan fingerprint density at radius 2 is 2.22 bits per heavy atom. The Labute approximate surface area is 107 Å². The molecule has 0 aromatic carbocycles. The van der Waals surface area contributed by atoms with E-state index in [4.69, 9.17) is 10.00 Å². The zero-order valence-electron chi connectivity index (χ0n) is 10.5. The van der Waals surface area contributed by atoms with E-state index >= 15 is 0 Å². The van der Waals surface area contributed by atoms with E-state index in [1.165, 1.54) is 6.08 Å². The first kappa shape index (κ1) is 14.3. The average Bonchev–Trinajstić information content (AvgIpc) is 2.37. The van der Waals surface area contributed by atoms with Gasteiger partial charge in [-0.25, -0.2) is 4.79 Å². The van der Waals surface area contributed by atoms with Crippen molar-refractivity contribution in [3.63, 3.8) is 0 Å². The van der Waals surface area contributed by atoms with Crippen molar-refractivity contribution in [2.24, 2.45) is 0 Å². The molecule has 0 amide bonds. The summed E-state index contributed by atoms with van der Waals surface area (Å²) in [6, 6.07) is 1.81. The number of aliphatic hydroxyl groups excluding tert-OH is 1. The monoisotopic (exact) mass is 250 g/mol. The van der Waals surface area contributed by atoms with Crippen LogP contribution < -0.4 is 0 Å². The van der Waals surface area contributed by atoms with Crippen LogP contribution in [-0.2, 0) is 9.53 Å². The largest absolute Gasteiger partial charge is 0.462 e. The molecule has 0 unspecified atom stereocenters. The minimum absolute atomic E-state index is 0.00913. The van der Waals surface area contributed by atoms with Crippen molar-refractivity contribution >= 4 is 5.97 Å². The van der Waals surface area contributed by atoms with Gasteiger partial charge in [-0.05, 0) is 38.1 Å². The Hall–Kier alpha value is -1.80. The molecule has 1 aliphatic heterocycles. The second-order valence-electron chi connectivity index (χ2n) is 4.02. The smallest absolute Gasteiger partial charge is 0.348 e. The first-order chi connectivity index (χ1) is 8.67. The average molecular weight is 250 g/mol. The Balaban J connectivity index is 2.50. The molecule has 18 heavy (non-hydrogen) atoms. The summed E-state index contributed by atoms with van der Waals surface area (Å²) in [6.07, 6.45) is 6.21. The highest BCUT2D eigenvalue weighted by Gasteiger charge is 2.13. The molecule has 0 radical (unpaired) electrons. The van der Waals surface area contributed by atoms with E-state index in [-0.39, 0.29) is 18.3 Å². The van der Waals surface area contributed by atoms with Crippen molar-refractivity contribution in [3.8, 4) is 6.07 Å². The van der Waals surface area contributed by atoms with Gasteiger partial charge in [0.25, 0.3) is 0 Å². The van der Waals surface area contributed by atoms with Gasteiger partial charge in [0.05, 0.1) is 12.7 Å². The highest BCUT2D eigenvalue weighted by atomic mass is 16.5. The zero-order chi connectivity index (χ0) is 13.4. The third-order valence-corrected chi connectivity index (χ3v) is 2.67. The summed E-state index contributed by atoms with van der Waals surface area (Å²) in [5.74, 6) is -0.598. The summed E-state index contributed by atoms with van der Waals surface area (Å²) < 4.78 is 4.74. The molecule has 98 valence electrons. The lowest BCUT2D eigenvalue weighted by Crippen LogP contribution is -2.31. The Kier molecular flexibility index (Phi) is 5.95. The van der Waals surface area contributed by atoms with Crippen LogP contribution in [0.25, 0.3) is 0 Å². The van der Waals surface area contributed by atoms with E-state index in [1.807, 2.05) is 17.2 Å². The standard InChI is InChI=1S/C13H18N2O3/c1-2-18-13(17)11(10-14)4-3-7-15-8-5-12(16)6-9-15/h3-4,7,12,16H,2,5-6,8-9H2,1H3/b7-3+,11-4-. The molecule has 0 aliphatic carbocycles. The van der Waals surface area contributed by atoms with Gasteiger partial charge in [-0.2, -0.15) is 5.26 Å². The minimum atomic E-state index is -0.598. The van der Waals surface area contributed by atoms with Gasteiger partial charge in [0.2, 0.25) is 0 Å². The minimum Gasteiger partial charge on any atom is -0.462 e. The predicted octanol–water partition coefficient (Wildman–Crippen LogP) is 0.970. The lowest BCUT2D eigenvalue weighted by Gasteiger charge is -2.28. The molecule has 5 heteroatoms. The summed E-state index contributed by atoms with van der Waals surface area (Å²) in [5, 5.41) is 18.1. The molecule has 1 N–H and O–H groups in total. The van der Waals surface area contributed by atoms with E-state index in [1.54, 1.807) is 13.0 Å². The van der Waals surface area contributed by atoms with E-state index in [0.717, 1.165) is 25.9 Å².